The summed E-state index contributed by atoms with van der Waals surface area (Å²) in [6.07, 6.45) is 4.28. The Morgan fingerprint density at radius 1 is 1.43 bits per heavy atom. The predicted octanol–water partition coefficient (Wildman–Crippen LogP) is 3.06. The van der Waals surface area contributed by atoms with Crippen molar-refractivity contribution in [1.29, 1.82) is 0 Å². The maximum Gasteiger partial charge on any atom is 0.230 e. The van der Waals surface area contributed by atoms with Crippen molar-refractivity contribution < 1.29 is 9.18 Å². The molecule has 1 aliphatic rings. The molecule has 0 saturated heterocycles. The number of amides is 1. The second kappa shape index (κ2) is 5.56. The third kappa shape index (κ3) is 2.97. The molecule has 1 saturated carbocycles. The van der Waals surface area contributed by atoms with Crippen LogP contribution in [0.5, 0.6) is 0 Å². The number of nitrogens with one attached hydrogen (secondary N) is 1. The quantitative estimate of drug-likeness (QED) is 0.922. The Labute approximate surface area is 127 Å². The summed E-state index contributed by atoms with van der Waals surface area (Å²) in [6, 6.07) is 6.34. The third-order valence-corrected chi connectivity index (χ3v) is 4.75. The van der Waals surface area contributed by atoms with Crippen molar-refractivity contribution in [2.24, 2.45) is 0 Å². The highest BCUT2D eigenvalue weighted by molar-refractivity contribution is 7.09. The largest absolute Gasteiger partial charge is 0.353 e. The van der Waals surface area contributed by atoms with Gasteiger partial charge in [-0.2, -0.15) is 0 Å². The van der Waals surface area contributed by atoms with E-state index in [9.17, 15) is 9.18 Å². The van der Waals surface area contributed by atoms with E-state index >= 15 is 0 Å². The molecule has 1 heterocycles. The molecule has 1 amide bonds. The van der Waals surface area contributed by atoms with Gasteiger partial charge in [-0.05, 0) is 37.5 Å². The first-order valence-corrected chi connectivity index (χ1v) is 7.92. The molecule has 1 atom stereocenters. The van der Waals surface area contributed by atoms with Gasteiger partial charge in [-0.1, -0.05) is 12.1 Å². The van der Waals surface area contributed by atoms with Crippen LogP contribution in [-0.2, 0) is 16.6 Å². The first kappa shape index (κ1) is 14.2. The van der Waals surface area contributed by atoms with Gasteiger partial charge >= 0.3 is 0 Å². The molecular formula is C16H17FN2OS. The van der Waals surface area contributed by atoms with Crippen LogP contribution in [0.15, 0.2) is 36.0 Å². The number of thiazole rings is 1. The van der Waals surface area contributed by atoms with Crippen LogP contribution in [0.1, 0.15) is 30.2 Å². The number of halogens is 1. The topological polar surface area (TPSA) is 42.0 Å². The summed E-state index contributed by atoms with van der Waals surface area (Å²) in [5.74, 6) is -0.223. The van der Waals surface area contributed by atoms with E-state index < -0.39 is 5.41 Å². The molecule has 2 aromatic rings. The van der Waals surface area contributed by atoms with Crippen LogP contribution in [0, 0.1) is 5.82 Å². The molecule has 0 spiro atoms. The Morgan fingerprint density at radius 3 is 2.71 bits per heavy atom. The molecular weight excluding hydrogens is 287 g/mol. The molecule has 1 aromatic heterocycles. The number of benzene rings is 1. The summed E-state index contributed by atoms with van der Waals surface area (Å²) in [4.78, 5) is 17.7. The molecule has 110 valence electrons. The summed E-state index contributed by atoms with van der Waals surface area (Å²) < 4.78 is 13.0. The normalized spacial score (nSPS) is 17.2. The van der Waals surface area contributed by atoms with E-state index in [1.54, 1.807) is 29.0 Å². The average molecular weight is 304 g/mol. The molecule has 3 rings (SSSR count). The van der Waals surface area contributed by atoms with Crippen LogP contribution in [0.25, 0.3) is 0 Å². The van der Waals surface area contributed by atoms with Gasteiger partial charge in [-0.25, -0.2) is 4.39 Å². The molecule has 21 heavy (non-hydrogen) atoms. The Balaban J connectivity index is 1.66. The summed E-state index contributed by atoms with van der Waals surface area (Å²) in [7, 11) is 0. The van der Waals surface area contributed by atoms with E-state index in [-0.39, 0.29) is 17.8 Å². The number of rotatable bonds is 5. The van der Waals surface area contributed by atoms with Gasteiger partial charge in [0.25, 0.3) is 0 Å². The molecule has 1 fully saturated rings. The first-order chi connectivity index (χ1) is 10.1. The highest BCUT2D eigenvalue weighted by Crippen LogP contribution is 2.48. The molecule has 3 nitrogen and oxygen atoms in total. The minimum atomic E-state index is -0.449. The van der Waals surface area contributed by atoms with Crippen molar-refractivity contribution in [3.05, 3.63) is 52.2 Å². The van der Waals surface area contributed by atoms with Crippen LogP contribution in [0.3, 0.4) is 0 Å². The number of hydrogen-bond acceptors (Lipinski definition) is 3. The van der Waals surface area contributed by atoms with Gasteiger partial charge in [0, 0.05) is 23.5 Å². The average Bonchev–Trinajstić information content (AvgIpc) is 3.12. The van der Waals surface area contributed by atoms with Crippen LogP contribution >= 0.6 is 11.3 Å². The zero-order chi connectivity index (χ0) is 14.9. The second-order valence-electron chi connectivity index (χ2n) is 5.64. The summed E-state index contributed by atoms with van der Waals surface area (Å²) >= 11 is 1.60. The molecule has 0 bridgehead atoms. The Morgan fingerprint density at radius 2 is 2.14 bits per heavy atom. The fraction of sp³-hybridized carbons (Fsp3) is 0.375. The third-order valence-electron chi connectivity index (χ3n) is 3.95. The maximum absolute atomic E-state index is 13.0. The van der Waals surface area contributed by atoms with Gasteiger partial charge in [0.2, 0.25) is 5.91 Å². The van der Waals surface area contributed by atoms with Crippen LogP contribution in [0.2, 0.25) is 0 Å². The highest BCUT2D eigenvalue weighted by Gasteiger charge is 2.51. The van der Waals surface area contributed by atoms with Crippen LogP contribution < -0.4 is 5.32 Å². The summed E-state index contributed by atoms with van der Waals surface area (Å²) in [5.41, 5.74) is 2.26. The zero-order valence-electron chi connectivity index (χ0n) is 11.8. The molecule has 1 N–H and O–H groups in total. The monoisotopic (exact) mass is 304 g/mol. The van der Waals surface area contributed by atoms with Gasteiger partial charge in [0.15, 0.2) is 0 Å². The summed E-state index contributed by atoms with van der Waals surface area (Å²) in [5, 5.41) is 3.08. The molecule has 0 aliphatic heterocycles. The van der Waals surface area contributed by atoms with E-state index in [1.165, 1.54) is 12.1 Å². The van der Waals surface area contributed by atoms with Gasteiger partial charge < -0.3 is 5.32 Å². The minimum absolute atomic E-state index is 0.0473. The van der Waals surface area contributed by atoms with Gasteiger partial charge in [0.1, 0.15) is 5.82 Å². The summed E-state index contributed by atoms with van der Waals surface area (Å²) in [6.45, 7) is 2.00. The number of aromatic nitrogens is 1. The van der Waals surface area contributed by atoms with E-state index in [4.69, 9.17) is 0 Å². The highest BCUT2D eigenvalue weighted by atomic mass is 32.1. The lowest BCUT2D eigenvalue weighted by Gasteiger charge is -2.19. The minimum Gasteiger partial charge on any atom is -0.353 e. The lowest BCUT2D eigenvalue weighted by Crippen LogP contribution is -2.41. The van der Waals surface area contributed by atoms with E-state index in [0.717, 1.165) is 29.7 Å². The van der Waals surface area contributed by atoms with Gasteiger partial charge in [-0.3, -0.25) is 9.78 Å². The molecule has 5 heteroatoms. The number of carbonyl (C=O) groups excluding carboxylic acids is 1. The van der Waals surface area contributed by atoms with Crippen LogP contribution in [0.4, 0.5) is 4.39 Å². The maximum atomic E-state index is 13.0. The van der Waals surface area contributed by atoms with Crippen molar-refractivity contribution in [3.63, 3.8) is 0 Å². The van der Waals surface area contributed by atoms with E-state index in [1.807, 2.05) is 13.1 Å². The zero-order valence-corrected chi connectivity index (χ0v) is 12.6. The van der Waals surface area contributed by atoms with Crippen molar-refractivity contribution in [2.75, 3.05) is 0 Å². The standard InChI is InChI=1S/C16H17FN2OS/c1-11(8-14-9-18-10-21-14)19-15(20)16(6-7-16)12-2-4-13(17)5-3-12/h2-5,9-11H,6-8H2,1H3,(H,19,20). The van der Waals surface area contributed by atoms with Gasteiger partial charge in [-0.15, -0.1) is 11.3 Å². The fourth-order valence-electron chi connectivity index (χ4n) is 2.60. The molecule has 1 aromatic carbocycles. The molecule has 1 aliphatic carbocycles. The second-order valence-corrected chi connectivity index (χ2v) is 6.61. The molecule has 0 radical (unpaired) electrons. The van der Waals surface area contributed by atoms with Gasteiger partial charge in [0.05, 0.1) is 10.9 Å². The fourth-order valence-corrected chi connectivity index (χ4v) is 3.32. The Hall–Kier alpha value is -1.75. The number of hydrogen-bond donors (Lipinski definition) is 1. The predicted molar refractivity (Wildman–Crippen MR) is 80.7 cm³/mol. The van der Waals surface area contributed by atoms with Crippen molar-refractivity contribution in [3.8, 4) is 0 Å². The van der Waals surface area contributed by atoms with E-state index in [0.29, 0.717) is 0 Å². The smallest absolute Gasteiger partial charge is 0.230 e. The first-order valence-electron chi connectivity index (χ1n) is 7.04. The molecule has 1 unspecified atom stereocenters. The van der Waals surface area contributed by atoms with Crippen molar-refractivity contribution in [2.45, 2.75) is 37.6 Å². The van der Waals surface area contributed by atoms with E-state index in [2.05, 4.69) is 10.3 Å². The van der Waals surface area contributed by atoms with Crippen LogP contribution in [-0.4, -0.2) is 16.9 Å². The lowest BCUT2D eigenvalue weighted by molar-refractivity contribution is -0.124. The number of nitrogens with zero attached hydrogens (tertiary/aromatic N) is 1. The number of carbonyl (C=O) groups is 1. The lowest BCUT2D eigenvalue weighted by atomic mass is 9.94. The van der Waals surface area contributed by atoms with Crippen molar-refractivity contribution in [1.82, 2.24) is 10.3 Å². The van der Waals surface area contributed by atoms with Crippen molar-refractivity contribution >= 4 is 17.2 Å². The SMILES string of the molecule is CC(Cc1cncs1)NC(=O)C1(c2ccc(F)cc2)CC1. The Bertz CT molecular complexity index is 620. The Kier molecular flexibility index (Phi) is 3.76.